The first-order valence-corrected chi connectivity index (χ1v) is 6.97. The van der Waals surface area contributed by atoms with Gasteiger partial charge < -0.3 is 9.73 Å². The molecule has 1 aromatic carbocycles. The highest BCUT2D eigenvalue weighted by Gasteiger charge is 2.09. The van der Waals surface area contributed by atoms with Gasteiger partial charge in [0.1, 0.15) is 5.76 Å². The zero-order valence-corrected chi connectivity index (χ0v) is 12.6. The van der Waals surface area contributed by atoms with Gasteiger partial charge in [0.15, 0.2) is 4.67 Å². The average Bonchev–Trinajstić information content (AvgIpc) is 2.74. The normalized spacial score (nSPS) is 12.6. The summed E-state index contributed by atoms with van der Waals surface area (Å²) in [4.78, 5) is 0. The molecule has 0 aliphatic carbocycles. The molecule has 0 bridgehead atoms. The first kappa shape index (κ1) is 12.9. The second-order valence-corrected chi connectivity index (χ2v) is 5.47. The zero-order chi connectivity index (χ0) is 12.3. The topological polar surface area (TPSA) is 25.2 Å². The molecule has 17 heavy (non-hydrogen) atoms. The molecule has 1 atom stereocenters. The summed E-state index contributed by atoms with van der Waals surface area (Å²) in [5.41, 5.74) is 1.24. The van der Waals surface area contributed by atoms with E-state index in [-0.39, 0.29) is 6.04 Å². The molecule has 1 unspecified atom stereocenters. The van der Waals surface area contributed by atoms with Crippen molar-refractivity contribution in [3.63, 3.8) is 0 Å². The number of benzene rings is 1. The highest BCUT2D eigenvalue weighted by Crippen LogP contribution is 2.21. The van der Waals surface area contributed by atoms with Crippen molar-refractivity contribution in [2.45, 2.75) is 19.5 Å². The number of hydrogen-bond acceptors (Lipinski definition) is 2. The summed E-state index contributed by atoms with van der Waals surface area (Å²) in [5, 5.41) is 3.42. The molecule has 2 aromatic rings. The Morgan fingerprint density at radius 1 is 1.18 bits per heavy atom. The van der Waals surface area contributed by atoms with Crippen LogP contribution in [0.3, 0.4) is 0 Å². The van der Waals surface area contributed by atoms with E-state index in [1.54, 1.807) is 0 Å². The Morgan fingerprint density at radius 2 is 1.94 bits per heavy atom. The highest BCUT2D eigenvalue weighted by atomic mass is 79.9. The van der Waals surface area contributed by atoms with Crippen LogP contribution in [-0.2, 0) is 6.54 Å². The Kier molecular flexibility index (Phi) is 4.42. The molecule has 1 N–H and O–H groups in total. The SMILES string of the molecule is CC(NCc1ccccc1Br)c1ccc(Br)o1. The van der Waals surface area contributed by atoms with Gasteiger partial charge in [-0.2, -0.15) is 0 Å². The van der Waals surface area contributed by atoms with Gasteiger partial charge in [-0.1, -0.05) is 34.1 Å². The molecule has 1 heterocycles. The van der Waals surface area contributed by atoms with Crippen LogP contribution in [0.2, 0.25) is 0 Å². The summed E-state index contributed by atoms with van der Waals surface area (Å²) in [6.45, 7) is 2.89. The summed E-state index contributed by atoms with van der Waals surface area (Å²) < 4.78 is 7.40. The fourth-order valence-electron chi connectivity index (χ4n) is 1.57. The van der Waals surface area contributed by atoms with Crippen LogP contribution in [0.4, 0.5) is 0 Å². The van der Waals surface area contributed by atoms with Crippen molar-refractivity contribution in [2.75, 3.05) is 0 Å². The monoisotopic (exact) mass is 357 g/mol. The van der Waals surface area contributed by atoms with Crippen molar-refractivity contribution >= 4 is 31.9 Å². The fourth-order valence-corrected chi connectivity index (χ4v) is 2.31. The van der Waals surface area contributed by atoms with E-state index in [1.165, 1.54) is 5.56 Å². The van der Waals surface area contributed by atoms with Gasteiger partial charge in [0.25, 0.3) is 0 Å². The lowest BCUT2D eigenvalue weighted by atomic mass is 10.2. The minimum Gasteiger partial charge on any atom is -0.453 e. The summed E-state index contributed by atoms with van der Waals surface area (Å²) in [6, 6.07) is 12.3. The average molecular weight is 359 g/mol. The minimum absolute atomic E-state index is 0.188. The quantitative estimate of drug-likeness (QED) is 0.860. The predicted octanol–water partition coefficient (Wildman–Crippen LogP) is 4.66. The van der Waals surface area contributed by atoms with Gasteiger partial charge in [-0.3, -0.25) is 0 Å². The lowest BCUT2D eigenvalue weighted by Crippen LogP contribution is -2.17. The number of halogens is 2. The zero-order valence-electron chi connectivity index (χ0n) is 9.41. The molecule has 2 rings (SSSR count). The van der Waals surface area contributed by atoms with Crippen LogP contribution in [0.1, 0.15) is 24.3 Å². The van der Waals surface area contributed by atoms with E-state index >= 15 is 0 Å². The molecule has 0 saturated carbocycles. The number of nitrogens with one attached hydrogen (secondary N) is 1. The molecule has 0 amide bonds. The standard InChI is InChI=1S/C13H13Br2NO/c1-9(12-6-7-13(15)17-12)16-8-10-4-2-3-5-11(10)14/h2-7,9,16H,8H2,1H3. The van der Waals surface area contributed by atoms with Crippen LogP contribution < -0.4 is 5.32 Å². The van der Waals surface area contributed by atoms with E-state index in [4.69, 9.17) is 4.42 Å². The van der Waals surface area contributed by atoms with Crippen LogP contribution in [0.15, 0.2) is 50.0 Å². The van der Waals surface area contributed by atoms with Gasteiger partial charge in [0.05, 0.1) is 6.04 Å². The maximum absolute atomic E-state index is 5.51. The number of hydrogen-bond donors (Lipinski definition) is 1. The van der Waals surface area contributed by atoms with Crippen molar-refractivity contribution in [1.29, 1.82) is 0 Å². The lowest BCUT2D eigenvalue weighted by molar-refractivity contribution is 0.417. The van der Waals surface area contributed by atoms with Gasteiger partial charge in [-0.15, -0.1) is 0 Å². The Balaban J connectivity index is 1.97. The Bertz CT molecular complexity index is 496. The first-order chi connectivity index (χ1) is 8.16. The Labute approximate surface area is 118 Å². The molecule has 0 aliphatic heterocycles. The van der Waals surface area contributed by atoms with E-state index in [1.807, 2.05) is 30.3 Å². The number of rotatable bonds is 4. The summed E-state index contributed by atoms with van der Waals surface area (Å²) >= 11 is 6.84. The molecule has 0 fully saturated rings. The first-order valence-electron chi connectivity index (χ1n) is 5.39. The minimum atomic E-state index is 0.188. The number of furan rings is 1. The molecular formula is C13H13Br2NO. The van der Waals surface area contributed by atoms with Crippen molar-refractivity contribution < 1.29 is 4.42 Å². The summed E-state index contributed by atoms with van der Waals surface area (Å²) in [5.74, 6) is 0.934. The van der Waals surface area contributed by atoms with Crippen LogP contribution in [0.25, 0.3) is 0 Å². The molecule has 0 radical (unpaired) electrons. The van der Waals surface area contributed by atoms with Crippen LogP contribution >= 0.6 is 31.9 Å². The third kappa shape index (κ3) is 3.44. The molecule has 4 heteroatoms. The second kappa shape index (κ2) is 5.85. The highest BCUT2D eigenvalue weighted by molar-refractivity contribution is 9.10. The van der Waals surface area contributed by atoms with Gasteiger partial charge in [-0.25, -0.2) is 0 Å². The van der Waals surface area contributed by atoms with Crippen molar-refractivity contribution in [1.82, 2.24) is 5.32 Å². The maximum Gasteiger partial charge on any atom is 0.169 e. The molecule has 0 saturated heterocycles. The lowest BCUT2D eigenvalue weighted by Gasteiger charge is -2.12. The van der Waals surface area contributed by atoms with Crippen LogP contribution in [-0.4, -0.2) is 0 Å². The van der Waals surface area contributed by atoms with Gasteiger partial charge in [0, 0.05) is 11.0 Å². The van der Waals surface area contributed by atoms with Crippen LogP contribution in [0, 0.1) is 0 Å². The molecule has 90 valence electrons. The smallest absolute Gasteiger partial charge is 0.169 e. The Morgan fingerprint density at radius 3 is 2.59 bits per heavy atom. The Hall–Kier alpha value is -0.580. The summed E-state index contributed by atoms with van der Waals surface area (Å²) in [7, 11) is 0. The van der Waals surface area contributed by atoms with Crippen molar-refractivity contribution in [3.05, 3.63) is 56.9 Å². The maximum atomic E-state index is 5.51. The van der Waals surface area contributed by atoms with Crippen molar-refractivity contribution in [3.8, 4) is 0 Å². The van der Waals surface area contributed by atoms with Crippen molar-refractivity contribution in [2.24, 2.45) is 0 Å². The van der Waals surface area contributed by atoms with Gasteiger partial charge in [0.2, 0.25) is 0 Å². The molecule has 0 aliphatic rings. The van der Waals surface area contributed by atoms with E-state index in [0.717, 1.165) is 21.4 Å². The molecule has 2 nitrogen and oxygen atoms in total. The van der Waals surface area contributed by atoms with E-state index in [2.05, 4.69) is 50.2 Å². The molecule has 0 spiro atoms. The summed E-state index contributed by atoms with van der Waals surface area (Å²) in [6.07, 6.45) is 0. The largest absolute Gasteiger partial charge is 0.453 e. The van der Waals surface area contributed by atoms with Gasteiger partial charge >= 0.3 is 0 Å². The van der Waals surface area contributed by atoms with E-state index in [0.29, 0.717) is 0 Å². The van der Waals surface area contributed by atoms with E-state index in [9.17, 15) is 0 Å². The van der Waals surface area contributed by atoms with E-state index < -0.39 is 0 Å². The predicted molar refractivity (Wildman–Crippen MR) is 75.8 cm³/mol. The third-order valence-corrected chi connectivity index (χ3v) is 3.78. The van der Waals surface area contributed by atoms with Crippen LogP contribution in [0.5, 0.6) is 0 Å². The van der Waals surface area contributed by atoms with Gasteiger partial charge in [-0.05, 0) is 46.6 Å². The molecular weight excluding hydrogens is 346 g/mol. The fraction of sp³-hybridized carbons (Fsp3) is 0.231. The second-order valence-electron chi connectivity index (χ2n) is 3.84. The molecule has 1 aromatic heterocycles. The third-order valence-electron chi connectivity index (χ3n) is 2.58.